The van der Waals surface area contributed by atoms with Gasteiger partial charge in [0.15, 0.2) is 6.10 Å². The van der Waals surface area contributed by atoms with E-state index in [2.05, 4.69) is 0 Å². The van der Waals surface area contributed by atoms with E-state index in [0.29, 0.717) is 21.3 Å². The summed E-state index contributed by atoms with van der Waals surface area (Å²) in [5, 5.41) is 17.0. The number of ether oxygens (including phenoxy) is 2. The Morgan fingerprint density at radius 3 is 2.33 bits per heavy atom. The number of carbonyl (C=O) groups is 2. The number of carboxylic acid groups (broad SMARTS) is 1. The summed E-state index contributed by atoms with van der Waals surface area (Å²) >= 11 is 0. The number of amidine groups is 1. The molecular weight excluding hydrogens is 524 g/mol. The summed E-state index contributed by atoms with van der Waals surface area (Å²) in [4.78, 5) is 25.4. The predicted molar refractivity (Wildman–Crippen MR) is 144 cm³/mol. The molecule has 0 bridgehead atoms. The van der Waals surface area contributed by atoms with Gasteiger partial charge < -0.3 is 20.3 Å². The lowest BCUT2D eigenvalue weighted by molar-refractivity contribution is 0.105. The average molecular weight is 553 g/mol. The van der Waals surface area contributed by atoms with Crippen LogP contribution in [0.5, 0.6) is 5.75 Å². The second-order valence-electron chi connectivity index (χ2n) is 8.95. The second-order valence-corrected chi connectivity index (χ2v) is 10.8. The minimum absolute atomic E-state index is 0.0608. The lowest BCUT2D eigenvalue weighted by atomic mass is 10.1. The molecule has 1 heterocycles. The molecule has 1 saturated heterocycles. The van der Waals surface area contributed by atoms with Gasteiger partial charge in [0, 0.05) is 17.8 Å². The van der Waals surface area contributed by atoms with Crippen molar-refractivity contribution < 1.29 is 32.6 Å². The average Bonchev–Trinajstić information content (AvgIpc) is 3.28. The van der Waals surface area contributed by atoms with E-state index in [-0.39, 0.29) is 36.8 Å². The van der Waals surface area contributed by atoms with Gasteiger partial charge in [0.25, 0.3) is 10.0 Å². The number of anilines is 1. The SMILES string of the molecule is Cc1ccc(S(=O)(=O)N(CCc2ccc(OCC3CN(c4ccc(C(=N)N)cc4)C(=O)O3)cc2)C(=O)O)cc1. The third-order valence-corrected chi connectivity index (χ3v) is 7.94. The zero-order valence-electron chi connectivity index (χ0n) is 21.1. The molecule has 4 N–H and O–H groups in total. The van der Waals surface area contributed by atoms with E-state index in [0.717, 1.165) is 11.1 Å². The fourth-order valence-corrected chi connectivity index (χ4v) is 5.24. The number of carbonyl (C=O) groups excluding carboxylic acids is 1. The van der Waals surface area contributed by atoms with Crippen molar-refractivity contribution in [3.8, 4) is 5.75 Å². The number of sulfonamides is 1. The van der Waals surface area contributed by atoms with Crippen LogP contribution in [0.3, 0.4) is 0 Å². The van der Waals surface area contributed by atoms with Crippen molar-refractivity contribution in [3.63, 3.8) is 0 Å². The zero-order chi connectivity index (χ0) is 28.2. The van der Waals surface area contributed by atoms with Gasteiger partial charge in [0.1, 0.15) is 18.2 Å². The molecule has 1 aliphatic rings. The second kappa shape index (κ2) is 11.4. The van der Waals surface area contributed by atoms with Crippen molar-refractivity contribution in [2.24, 2.45) is 5.73 Å². The Labute approximate surface area is 225 Å². The summed E-state index contributed by atoms with van der Waals surface area (Å²) < 4.78 is 37.2. The summed E-state index contributed by atoms with van der Waals surface area (Å²) in [6.45, 7) is 1.98. The van der Waals surface area contributed by atoms with Crippen molar-refractivity contribution in [3.05, 3.63) is 89.5 Å². The number of benzene rings is 3. The molecule has 0 radical (unpaired) electrons. The quantitative estimate of drug-likeness (QED) is 0.254. The first-order valence-electron chi connectivity index (χ1n) is 12.0. The highest BCUT2D eigenvalue weighted by atomic mass is 32.2. The number of aryl methyl sites for hydroxylation is 1. The van der Waals surface area contributed by atoms with Gasteiger partial charge in [-0.2, -0.15) is 0 Å². The third-order valence-electron chi connectivity index (χ3n) is 6.15. The molecule has 0 aromatic heterocycles. The Morgan fingerprint density at radius 1 is 1.10 bits per heavy atom. The Morgan fingerprint density at radius 2 is 1.74 bits per heavy atom. The van der Waals surface area contributed by atoms with Crippen LogP contribution in [0.25, 0.3) is 0 Å². The summed E-state index contributed by atoms with van der Waals surface area (Å²) in [5.74, 6) is 0.454. The molecule has 0 spiro atoms. The van der Waals surface area contributed by atoms with Crippen LogP contribution in [-0.4, -0.2) is 61.7 Å². The van der Waals surface area contributed by atoms with E-state index in [1.165, 1.54) is 17.0 Å². The molecular formula is C27H28N4O7S. The molecule has 1 unspecified atom stereocenters. The molecule has 11 nitrogen and oxygen atoms in total. The minimum atomic E-state index is -4.20. The van der Waals surface area contributed by atoms with Gasteiger partial charge in [-0.1, -0.05) is 29.8 Å². The lowest BCUT2D eigenvalue weighted by Gasteiger charge is -2.19. The molecule has 0 aliphatic carbocycles. The van der Waals surface area contributed by atoms with Gasteiger partial charge in [0.2, 0.25) is 0 Å². The molecule has 0 saturated carbocycles. The first-order valence-corrected chi connectivity index (χ1v) is 13.5. The number of nitrogen functional groups attached to an aromatic ring is 1. The number of hydrogen-bond acceptors (Lipinski definition) is 7. The molecule has 1 aliphatic heterocycles. The fourth-order valence-electron chi connectivity index (χ4n) is 3.97. The van der Waals surface area contributed by atoms with Crippen molar-refractivity contribution >= 4 is 33.7 Å². The smallest absolute Gasteiger partial charge is 0.421 e. The van der Waals surface area contributed by atoms with Crippen LogP contribution in [0.1, 0.15) is 16.7 Å². The Bertz CT molecular complexity index is 1460. The van der Waals surface area contributed by atoms with Crippen LogP contribution >= 0.6 is 0 Å². The van der Waals surface area contributed by atoms with Crippen LogP contribution in [-0.2, 0) is 21.2 Å². The normalized spacial score (nSPS) is 15.1. The van der Waals surface area contributed by atoms with Gasteiger partial charge in [-0.3, -0.25) is 10.3 Å². The van der Waals surface area contributed by atoms with Crippen LogP contribution < -0.4 is 15.4 Å². The summed E-state index contributed by atoms with van der Waals surface area (Å²) in [7, 11) is -4.20. The van der Waals surface area contributed by atoms with Crippen molar-refractivity contribution in [2.75, 3.05) is 24.6 Å². The molecule has 1 fully saturated rings. The number of nitrogens with two attached hydrogens (primary N) is 1. The van der Waals surface area contributed by atoms with Crippen molar-refractivity contribution in [2.45, 2.75) is 24.3 Å². The highest BCUT2D eigenvalue weighted by Gasteiger charge is 2.33. The van der Waals surface area contributed by atoms with E-state index in [9.17, 15) is 23.1 Å². The fraction of sp³-hybridized carbons (Fsp3) is 0.222. The largest absolute Gasteiger partial charge is 0.490 e. The molecule has 4 rings (SSSR count). The number of hydrogen-bond donors (Lipinski definition) is 3. The van der Waals surface area contributed by atoms with E-state index >= 15 is 0 Å². The highest BCUT2D eigenvalue weighted by molar-refractivity contribution is 7.89. The van der Waals surface area contributed by atoms with Gasteiger partial charge in [-0.25, -0.2) is 22.3 Å². The van der Waals surface area contributed by atoms with Gasteiger partial charge in [0.05, 0.1) is 11.4 Å². The molecule has 204 valence electrons. The highest BCUT2D eigenvalue weighted by Crippen LogP contribution is 2.23. The molecule has 3 aromatic rings. The minimum Gasteiger partial charge on any atom is -0.490 e. The summed E-state index contributed by atoms with van der Waals surface area (Å²) in [5.41, 5.74) is 8.23. The Hall–Kier alpha value is -4.58. The monoisotopic (exact) mass is 552 g/mol. The number of rotatable bonds is 10. The van der Waals surface area contributed by atoms with Gasteiger partial charge >= 0.3 is 12.2 Å². The maximum absolute atomic E-state index is 12.8. The van der Waals surface area contributed by atoms with E-state index in [1.807, 2.05) is 6.92 Å². The summed E-state index contributed by atoms with van der Waals surface area (Å²) in [6.07, 6.45) is -2.38. The number of amides is 2. The van der Waals surface area contributed by atoms with Crippen LogP contribution in [0, 0.1) is 12.3 Å². The van der Waals surface area contributed by atoms with Crippen molar-refractivity contribution in [1.82, 2.24) is 4.31 Å². The van der Waals surface area contributed by atoms with Gasteiger partial charge in [-0.05, 0) is 67.4 Å². The topological polar surface area (TPSA) is 163 Å². The molecule has 12 heteroatoms. The Balaban J connectivity index is 1.31. The molecule has 3 aromatic carbocycles. The Kier molecular flexibility index (Phi) is 8.05. The van der Waals surface area contributed by atoms with E-state index < -0.39 is 28.3 Å². The van der Waals surface area contributed by atoms with Crippen LogP contribution in [0.4, 0.5) is 15.3 Å². The molecule has 1 atom stereocenters. The number of cyclic esters (lactones) is 1. The number of nitrogens with one attached hydrogen (secondary N) is 1. The maximum Gasteiger partial charge on any atom is 0.421 e. The van der Waals surface area contributed by atoms with Gasteiger partial charge in [-0.15, -0.1) is 0 Å². The summed E-state index contributed by atoms with van der Waals surface area (Å²) in [6, 6.07) is 19.5. The molecule has 2 amide bonds. The number of nitrogens with zero attached hydrogens (tertiary/aromatic N) is 2. The first-order chi connectivity index (χ1) is 18.5. The zero-order valence-corrected chi connectivity index (χ0v) is 21.9. The van der Waals surface area contributed by atoms with E-state index in [1.54, 1.807) is 60.7 Å². The standard InChI is InChI=1S/C27H28N4O7S/c1-18-2-12-24(13-3-18)39(35,36)31(26(32)33)15-14-19-4-10-22(11-5-19)37-17-23-16-30(27(34)38-23)21-8-6-20(7-9-21)25(28)29/h2-13,23H,14-17H2,1H3,(H3,28,29)(H,32,33). The predicted octanol–water partition coefficient (Wildman–Crippen LogP) is 3.59. The molecule has 39 heavy (non-hydrogen) atoms. The van der Waals surface area contributed by atoms with Crippen LogP contribution in [0.2, 0.25) is 0 Å². The lowest BCUT2D eigenvalue weighted by Crippen LogP contribution is -2.37. The maximum atomic E-state index is 12.8. The van der Waals surface area contributed by atoms with Crippen LogP contribution in [0.15, 0.2) is 77.7 Å². The third kappa shape index (κ3) is 6.47. The van der Waals surface area contributed by atoms with E-state index in [4.69, 9.17) is 20.6 Å². The van der Waals surface area contributed by atoms with Crippen molar-refractivity contribution in [1.29, 1.82) is 5.41 Å². The first kappa shape index (κ1) is 27.5.